The zero-order valence-electron chi connectivity index (χ0n) is 11.9. The molecule has 1 unspecified atom stereocenters. The third-order valence-electron chi connectivity index (χ3n) is 3.51. The molecule has 0 radical (unpaired) electrons. The lowest BCUT2D eigenvalue weighted by molar-refractivity contribution is -0.138. The lowest BCUT2D eigenvalue weighted by Crippen LogP contribution is -2.18. The van der Waals surface area contributed by atoms with Gasteiger partial charge >= 0.3 is 5.97 Å². The number of benzene rings is 1. The maximum atomic E-state index is 10.8. The van der Waals surface area contributed by atoms with Crippen molar-refractivity contribution in [1.29, 1.82) is 0 Å². The minimum atomic E-state index is -0.748. The molecule has 0 aliphatic rings. The number of para-hydroxylation sites is 1. The zero-order valence-corrected chi connectivity index (χ0v) is 11.9. The number of pyridine rings is 1. The van der Waals surface area contributed by atoms with Crippen LogP contribution >= 0.6 is 0 Å². The van der Waals surface area contributed by atoms with Crippen molar-refractivity contribution in [2.45, 2.75) is 26.7 Å². The molecule has 106 valence electrons. The molecule has 2 aromatic rings. The van der Waals surface area contributed by atoms with Gasteiger partial charge in [-0.05, 0) is 30.5 Å². The van der Waals surface area contributed by atoms with Crippen LogP contribution in [0.2, 0.25) is 0 Å². The SMILES string of the molecule is CCC(CNc1nc2ccccc2cc1C)CC(=O)O. The first-order valence-corrected chi connectivity index (χ1v) is 6.92. The van der Waals surface area contributed by atoms with Crippen molar-refractivity contribution in [3.63, 3.8) is 0 Å². The van der Waals surface area contributed by atoms with Crippen LogP contribution in [-0.2, 0) is 4.79 Å². The van der Waals surface area contributed by atoms with E-state index in [1.807, 2.05) is 38.1 Å². The van der Waals surface area contributed by atoms with Gasteiger partial charge in [0.05, 0.1) is 5.52 Å². The molecule has 1 atom stereocenters. The molecule has 0 aliphatic heterocycles. The van der Waals surface area contributed by atoms with Gasteiger partial charge in [0.2, 0.25) is 0 Å². The Kier molecular flexibility index (Phi) is 4.56. The average molecular weight is 272 g/mol. The van der Waals surface area contributed by atoms with Gasteiger partial charge in [-0.15, -0.1) is 0 Å². The fraction of sp³-hybridized carbons (Fsp3) is 0.375. The summed E-state index contributed by atoms with van der Waals surface area (Å²) in [5, 5.41) is 13.3. The van der Waals surface area contributed by atoms with Crippen molar-refractivity contribution in [2.75, 3.05) is 11.9 Å². The first kappa shape index (κ1) is 14.3. The van der Waals surface area contributed by atoms with Gasteiger partial charge in [0, 0.05) is 18.4 Å². The Morgan fingerprint density at radius 2 is 2.15 bits per heavy atom. The molecule has 2 N–H and O–H groups in total. The normalized spacial score (nSPS) is 12.3. The zero-order chi connectivity index (χ0) is 14.5. The first-order chi connectivity index (χ1) is 9.60. The number of aromatic nitrogens is 1. The van der Waals surface area contributed by atoms with Crippen LogP contribution in [0.3, 0.4) is 0 Å². The summed E-state index contributed by atoms with van der Waals surface area (Å²) >= 11 is 0. The standard InChI is InChI=1S/C16H20N2O2/c1-3-12(9-15(19)20)10-17-16-11(2)8-13-6-4-5-7-14(13)18-16/h4-8,12H,3,9-10H2,1-2H3,(H,17,18)(H,19,20). The minimum Gasteiger partial charge on any atom is -0.481 e. The van der Waals surface area contributed by atoms with Gasteiger partial charge < -0.3 is 10.4 Å². The van der Waals surface area contributed by atoms with Gasteiger partial charge in [0.25, 0.3) is 0 Å². The third kappa shape index (κ3) is 3.47. The molecule has 0 spiro atoms. The molecule has 2 rings (SSSR count). The van der Waals surface area contributed by atoms with E-state index >= 15 is 0 Å². The van der Waals surface area contributed by atoms with Crippen LogP contribution in [0.25, 0.3) is 10.9 Å². The van der Waals surface area contributed by atoms with E-state index in [-0.39, 0.29) is 12.3 Å². The number of fused-ring (bicyclic) bond motifs is 1. The lowest BCUT2D eigenvalue weighted by Gasteiger charge is -2.15. The largest absolute Gasteiger partial charge is 0.481 e. The Morgan fingerprint density at radius 1 is 1.40 bits per heavy atom. The minimum absolute atomic E-state index is 0.125. The highest BCUT2D eigenvalue weighted by atomic mass is 16.4. The topological polar surface area (TPSA) is 62.2 Å². The molecule has 0 bridgehead atoms. The predicted octanol–water partition coefficient (Wildman–Crippen LogP) is 3.46. The Hall–Kier alpha value is -2.10. The molecular formula is C16H20N2O2. The molecule has 1 heterocycles. The highest BCUT2D eigenvalue weighted by molar-refractivity contribution is 5.81. The van der Waals surface area contributed by atoms with Crippen LogP contribution in [0, 0.1) is 12.8 Å². The number of anilines is 1. The second-order valence-electron chi connectivity index (χ2n) is 5.10. The first-order valence-electron chi connectivity index (χ1n) is 6.92. The van der Waals surface area contributed by atoms with E-state index in [4.69, 9.17) is 5.11 Å². The number of carboxylic acid groups (broad SMARTS) is 1. The second-order valence-corrected chi connectivity index (χ2v) is 5.10. The summed E-state index contributed by atoms with van der Waals surface area (Å²) in [5.74, 6) is 0.217. The van der Waals surface area contributed by atoms with E-state index in [2.05, 4.69) is 16.4 Å². The van der Waals surface area contributed by atoms with Crippen molar-refractivity contribution < 1.29 is 9.90 Å². The number of aryl methyl sites for hydroxylation is 1. The van der Waals surface area contributed by atoms with Gasteiger partial charge in [-0.1, -0.05) is 31.5 Å². The van der Waals surface area contributed by atoms with Gasteiger partial charge in [-0.25, -0.2) is 4.98 Å². The Morgan fingerprint density at radius 3 is 2.85 bits per heavy atom. The Bertz CT molecular complexity index is 610. The highest BCUT2D eigenvalue weighted by Gasteiger charge is 2.12. The molecule has 0 saturated heterocycles. The molecule has 1 aromatic heterocycles. The Balaban J connectivity index is 2.12. The molecule has 1 aromatic carbocycles. The third-order valence-corrected chi connectivity index (χ3v) is 3.51. The molecule has 4 heteroatoms. The van der Waals surface area contributed by atoms with Crippen LogP contribution in [-0.4, -0.2) is 22.6 Å². The monoisotopic (exact) mass is 272 g/mol. The van der Waals surface area contributed by atoms with Crippen molar-refractivity contribution >= 4 is 22.7 Å². The maximum absolute atomic E-state index is 10.8. The summed E-state index contributed by atoms with van der Waals surface area (Å²) < 4.78 is 0. The molecular weight excluding hydrogens is 252 g/mol. The summed E-state index contributed by atoms with van der Waals surface area (Å²) in [6.07, 6.45) is 1.03. The van der Waals surface area contributed by atoms with Gasteiger partial charge in [0.1, 0.15) is 5.82 Å². The van der Waals surface area contributed by atoms with Crippen molar-refractivity contribution in [3.8, 4) is 0 Å². The van der Waals surface area contributed by atoms with E-state index in [1.165, 1.54) is 0 Å². The fourth-order valence-corrected chi connectivity index (χ4v) is 2.25. The maximum Gasteiger partial charge on any atom is 0.303 e. The van der Waals surface area contributed by atoms with Gasteiger partial charge in [-0.2, -0.15) is 0 Å². The number of rotatable bonds is 6. The van der Waals surface area contributed by atoms with Crippen LogP contribution < -0.4 is 5.32 Å². The number of carboxylic acids is 1. The lowest BCUT2D eigenvalue weighted by atomic mass is 10.0. The molecule has 0 aliphatic carbocycles. The summed E-state index contributed by atoms with van der Waals surface area (Å²) in [7, 11) is 0. The molecule has 0 saturated carbocycles. The predicted molar refractivity (Wildman–Crippen MR) is 81.0 cm³/mol. The van der Waals surface area contributed by atoms with E-state index in [0.717, 1.165) is 28.7 Å². The molecule has 0 fully saturated rings. The van der Waals surface area contributed by atoms with E-state index in [1.54, 1.807) is 0 Å². The molecule has 20 heavy (non-hydrogen) atoms. The van der Waals surface area contributed by atoms with Gasteiger partial charge in [-0.3, -0.25) is 4.79 Å². The van der Waals surface area contributed by atoms with E-state index < -0.39 is 5.97 Å². The summed E-state index contributed by atoms with van der Waals surface area (Å²) in [6, 6.07) is 10.1. The average Bonchev–Trinajstić information content (AvgIpc) is 2.43. The van der Waals surface area contributed by atoms with Crippen molar-refractivity contribution in [3.05, 3.63) is 35.9 Å². The quantitative estimate of drug-likeness (QED) is 0.845. The smallest absolute Gasteiger partial charge is 0.303 e. The number of aliphatic carboxylic acids is 1. The molecule has 4 nitrogen and oxygen atoms in total. The number of nitrogens with one attached hydrogen (secondary N) is 1. The summed E-state index contributed by atoms with van der Waals surface area (Å²) in [6.45, 7) is 4.66. The van der Waals surface area contributed by atoms with Crippen LogP contribution in [0.4, 0.5) is 5.82 Å². The van der Waals surface area contributed by atoms with Crippen LogP contribution in [0.15, 0.2) is 30.3 Å². The van der Waals surface area contributed by atoms with Crippen LogP contribution in [0.1, 0.15) is 25.3 Å². The highest BCUT2D eigenvalue weighted by Crippen LogP contribution is 2.20. The van der Waals surface area contributed by atoms with Crippen molar-refractivity contribution in [2.24, 2.45) is 5.92 Å². The molecule has 0 amide bonds. The van der Waals surface area contributed by atoms with Crippen LogP contribution in [0.5, 0.6) is 0 Å². The number of hydrogen-bond donors (Lipinski definition) is 2. The second kappa shape index (κ2) is 6.37. The Labute approximate surface area is 118 Å². The number of hydrogen-bond acceptors (Lipinski definition) is 3. The number of nitrogens with zero attached hydrogens (tertiary/aromatic N) is 1. The van der Waals surface area contributed by atoms with Gasteiger partial charge in [0.15, 0.2) is 0 Å². The summed E-state index contributed by atoms with van der Waals surface area (Å²) in [4.78, 5) is 15.4. The summed E-state index contributed by atoms with van der Waals surface area (Å²) in [5.41, 5.74) is 2.03. The number of carbonyl (C=O) groups is 1. The van der Waals surface area contributed by atoms with Crippen molar-refractivity contribution in [1.82, 2.24) is 4.98 Å². The van der Waals surface area contributed by atoms with E-state index in [9.17, 15) is 4.79 Å². The fourth-order valence-electron chi connectivity index (χ4n) is 2.25. The van der Waals surface area contributed by atoms with E-state index in [0.29, 0.717) is 6.54 Å².